The largest absolute Gasteiger partial charge is 0.497 e. The third-order valence-corrected chi connectivity index (χ3v) is 3.28. The van der Waals surface area contributed by atoms with Gasteiger partial charge in [0.2, 0.25) is 0 Å². The Kier molecular flexibility index (Phi) is 4.43. The fourth-order valence-electron chi connectivity index (χ4n) is 2.25. The molecule has 0 saturated carbocycles. The second kappa shape index (κ2) is 6.27. The SMILES string of the molecule is COc1ccc(C#N)c(NC2CCCNCC2)c1. The molecule has 96 valence electrons. The molecule has 1 aliphatic heterocycles. The van der Waals surface area contributed by atoms with E-state index in [1.165, 1.54) is 6.42 Å². The van der Waals surface area contributed by atoms with Crippen LogP contribution in [0.4, 0.5) is 5.69 Å². The second-order valence-electron chi connectivity index (χ2n) is 4.55. The lowest BCUT2D eigenvalue weighted by molar-refractivity contribution is 0.415. The minimum atomic E-state index is 0.430. The molecular formula is C14H19N3O. The van der Waals surface area contributed by atoms with Gasteiger partial charge in [-0.15, -0.1) is 0 Å². The van der Waals surface area contributed by atoms with Crippen LogP contribution >= 0.6 is 0 Å². The number of anilines is 1. The predicted molar refractivity (Wildman–Crippen MR) is 71.8 cm³/mol. The standard InChI is InChI=1S/C14H19N3O/c1-18-13-5-4-11(10-15)14(9-13)17-12-3-2-7-16-8-6-12/h4-5,9,12,16-17H,2-3,6-8H2,1H3. The van der Waals surface area contributed by atoms with Gasteiger partial charge in [-0.2, -0.15) is 5.26 Å². The maximum atomic E-state index is 9.12. The Bertz CT molecular complexity index is 431. The average Bonchev–Trinajstić information content (AvgIpc) is 2.67. The molecule has 1 aliphatic rings. The van der Waals surface area contributed by atoms with Gasteiger partial charge >= 0.3 is 0 Å². The molecule has 1 aromatic rings. The Morgan fingerprint density at radius 3 is 3.06 bits per heavy atom. The second-order valence-corrected chi connectivity index (χ2v) is 4.55. The highest BCUT2D eigenvalue weighted by Gasteiger charge is 2.13. The zero-order valence-electron chi connectivity index (χ0n) is 10.7. The van der Waals surface area contributed by atoms with Gasteiger partial charge in [-0.1, -0.05) is 0 Å². The third-order valence-electron chi connectivity index (χ3n) is 3.28. The topological polar surface area (TPSA) is 57.1 Å². The van der Waals surface area contributed by atoms with Crippen molar-refractivity contribution in [3.05, 3.63) is 23.8 Å². The molecule has 0 radical (unpaired) electrons. The van der Waals surface area contributed by atoms with Crippen LogP contribution < -0.4 is 15.4 Å². The van der Waals surface area contributed by atoms with Crippen molar-refractivity contribution in [2.75, 3.05) is 25.5 Å². The molecule has 1 atom stereocenters. The Balaban J connectivity index is 2.13. The zero-order chi connectivity index (χ0) is 12.8. The van der Waals surface area contributed by atoms with Crippen LogP contribution in [0.1, 0.15) is 24.8 Å². The van der Waals surface area contributed by atoms with Gasteiger partial charge in [0.1, 0.15) is 11.8 Å². The molecule has 0 bridgehead atoms. The molecule has 0 aliphatic carbocycles. The number of nitrogens with zero attached hydrogens (tertiary/aromatic N) is 1. The number of benzene rings is 1. The van der Waals surface area contributed by atoms with Crippen LogP contribution in [-0.2, 0) is 0 Å². The molecule has 2 N–H and O–H groups in total. The lowest BCUT2D eigenvalue weighted by Crippen LogP contribution is -2.22. The van der Waals surface area contributed by atoms with E-state index >= 15 is 0 Å². The molecule has 1 fully saturated rings. The minimum absolute atomic E-state index is 0.430. The van der Waals surface area contributed by atoms with E-state index in [4.69, 9.17) is 10.00 Å². The Morgan fingerprint density at radius 1 is 1.39 bits per heavy atom. The highest BCUT2D eigenvalue weighted by atomic mass is 16.5. The Morgan fingerprint density at radius 2 is 2.28 bits per heavy atom. The molecule has 0 spiro atoms. The summed E-state index contributed by atoms with van der Waals surface area (Å²) in [5.41, 5.74) is 1.55. The highest BCUT2D eigenvalue weighted by molar-refractivity contribution is 5.60. The lowest BCUT2D eigenvalue weighted by Gasteiger charge is -2.18. The predicted octanol–water partition coefficient (Wildman–Crippen LogP) is 2.12. The van der Waals surface area contributed by atoms with Gasteiger partial charge in [0.15, 0.2) is 0 Å². The molecule has 4 nitrogen and oxygen atoms in total. The summed E-state index contributed by atoms with van der Waals surface area (Å²) in [4.78, 5) is 0. The van der Waals surface area contributed by atoms with Gasteiger partial charge in [0.05, 0.1) is 18.4 Å². The van der Waals surface area contributed by atoms with E-state index in [9.17, 15) is 0 Å². The van der Waals surface area contributed by atoms with Gasteiger partial charge in [-0.25, -0.2) is 0 Å². The van der Waals surface area contributed by atoms with Gasteiger partial charge in [-0.05, 0) is 44.5 Å². The summed E-state index contributed by atoms with van der Waals surface area (Å²) in [5, 5.41) is 16.0. The summed E-state index contributed by atoms with van der Waals surface area (Å²) in [6.07, 6.45) is 3.39. The number of rotatable bonds is 3. The van der Waals surface area contributed by atoms with Gasteiger partial charge in [0.25, 0.3) is 0 Å². The molecule has 0 amide bonds. The molecule has 1 unspecified atom stereocenters. The third kappa shape index (κ3) is 3.14. The Labute approximate surface area is 108 Å². The average molecular weight is 245 g/mol. The van der Waals surface area contributed by atoms with E-state index < -0.39 is 0 Å². The molecule has 1 heterocycles. The summed E-state index contributed by atoms with van der Waals surface area (Å²) >= 11 is 0. The first-order chi connectivity index (χ1) is 8.83. The fourth-order valence-corrected chi connectivity index (χ4v) is 2.25. The summed E-state index contributed by atoms with van der Waals surface area (Å²) in [6, 6.07) is 8.17. The van der Waals surface area contributed by atoms with E-state index in [2.05, 4.69) is 16.7 Å². The van der Waals surface area contributed by atoms with Crippen molar-refractivity contribution in [2.45, 2.75) is 25.3 Å². The van der Waals surface area contributed by atoms with Crippen LogP contribution in [0, 0.1) is 11.3 Å². The van der Waals surface area contributed by atoms with Gasteiger partial charge < -0.3 is 15.4 Å². The van der Waals surface area contributed by atoms with Crippen molar-refractivity contribution in [1.29, 1.82) is 5.26 Å². The van der Waals surface area contributed by atoms with Crippen LogP contribution in [0.5, 0.6) is 5.75 Å². The zero-order valence-corrected chi connectivity index (χ0v) is 10.7. The fraction of sp³-hybridized carbons (Fsp3) is 0.500. The number of nitriles is 1. The number of ether oxygens (including phenoxy) is 1. The highest BCUT2D eigenvalue weighted by Crippen LogP contribution is 2.24. The van der Waals surface area contributed by atoms with E-state index in [0.717, 1.165) is 37.4 Å². The van der Waals surface area contributed by atoms with Crippen LogP contribution in [0.3, 0.4) is 0 Å². The maximum absolute atomic E-state index is 9.12. The summed E-state index contributed by atoms with van der Waals surface area (Å²) in [6.45, 7) is 2.12. The quantitative estimate of drug-likeness (QED) is 0.856. The minimum Gasteiger partial charge on any atom is -0.497 e. The van der Waals surface area contributed by atoms with Crippen molar-refractivity contribution < 1.29 is 4.74 Å². The molecular weight excluding hydrogens is 226 g/mol. The molecule has 2 rings (SSSR count). The van der Waals surface area contributed by atoms with Crippen molar-refractivity contribution >= 4 is 5.69 Å². The lowest BCUT2D eigenvalue weighted by atomic mass is 10.1. The van der Waals surface area contributed by atoms with Crippen LogP contribution in [0.2, 0.25) is 0 Å². The van der Waals surface area contributed by atoms with Gasteiger partial charge in [0, 0.05) is 12.1 Å². The van der Waals surface area contributed by atoms with E-state index in [1.54, 1.807) is 13.2 Å². The van der Waals surface area contributed by atoms with Crippen LogP contribution in [0.15, 0.2) is 18.2 Å². The van der Waals surface area contributed by atoms with Crippen molar-refractivity contribution in [3.63, 3.8) is 0 Å². The number of hydrogen-bond acceptors (Lipinski definition) is 4. The molecule has 4 heteroatoms. The number of nitrogens with one attached hydrogen (secondary N) is 2. The summed E-state index contributed by atoms with van der Waals surface area (Å²) in [5.74, 6) is 0.781. The van der Waals surface area contributed by atoms with E-state index in [0.29, 0.717) is 11.6 Å². The maximum Gasteiger partial charge on any atom is 0.121 e. The monoisotopic (exact) mass is 245 g/mol. The number of hydrogen-bond donors (Lipinski definition) is 2. The summed E-state index contributed by atoms with van der Waals surface area (Å²) in [7, 11) is 1.64. The van der Waals surface area contributed by atoms with E-state index in [1.807, 2.05) is 12.1 Å². The van der Waals surface area contributed by atoms with E-state index in [-0.39, 0.29) is 0 Å². The molecule has 1 saturated heterocycles. The van der Waals surface area contributed by atoms with Crippen molar-refractivity contribution in [2.24, 2.45) is 0 Å². The molecule has 18 heavy (non-hydrogen) atoms. The van der Waals surface area contributed by atoms with Gasteiger partial charge in [-0.3, -0.25) is 0 Å². The summed E-state index contributed by atoms with van der Waals surface area (Å²) < 4.78 is 5.21. The normalized spacial score (nSPS) is 19.7. The number of methoxy groups -OCH3 is 1. The molecule has 0 aromatic heterocycles. The molecule has 1 aromatic carbocycles. The van der Waals surface area contributed by atoms with Crippen molar-refractivity contribution in [3.8, 4) is 11.8 Å². The van der Waals surface area contributed by atoms with Crippen LogP contribution in [-0.4, -0.2) is 26.2 Å². The Hall–Kier alpha value is -1.73. The first kappa shape index (κ1) is 12.7. The first-order valence-corrected chi connectivity index (χ1v) is 6.39. The first-order valence-electron chi connectivity index (χ1n) is 6.39. The van der Waals surface area contributed by atoms with Crippen LogP contribution in [0.25, 0.3) is 0 Å². The van der Waals surface area contributed by atoms with Crippen molar-refractivity contribution in [1.82, 2.24) is 5.32 Å². The smallest absolute Gasteiger partial charge is 0.121 e.